The van der Waals surface area contributed by atoms with Crippen molar-refractivity contribution in [3.8, 4) is 0 Å². The second-order valence-electron chi connectivity index (χ2n) is 4.94. The van der Waals surface area contributed by atoms with Gasteiger partial charge in [-0.3, -0.25) is 9.69 Å². The molecule has 0 spiro atoms. The fourth-order valence-corrected chi connectivity index (χ4v) is 4.71. The third-order valence-corrected chi connectivity index (χ3v) is 5.98. The maximum atomic E-state index is 11.7. The van der Waals surface area contributed by atoms with E-state index in [1.165, 1.54) is 4.90 Å². The van der Waals surface area contributed by atoms with E-state index in [1.807, 2.05) is 36.3 Å². The number of carbonyl (C=O) groups excluding carboxylic acids is 1. The SMILES string of the molecule is CN[n+]1ccc(SCC2=C(C(=O)O)N3C(=O)C[C@@H]3SC2)cc1. The molecule has 0 aliphatic carbocycles. The van der Waals surface area contributed by atoms with Gasteiger partial charge in [-0.05, 0) is 5.57 Å². The Labute approximate surface area is 136 Å². The summed E-state index contributed by atoms with van der Waals surface area (Å²) in [5.74, 6) is 0.156. The molecule has 1 atom stereocenters. The zero-order chi connectivity index (χ0) is 15.7. The normalized spacial score (nSPS) is 20.5. The number of carboxylic acids is 1. The van der Waals surface area contributed by atoms with Crippen LogP contribution in [0.4, 0.5) is 0 Å². The minimum atomic E-state index is -1.00. The van der Waals surface area contributed by atoms with Gasteiger partial charge in [-0.15, -0.1) is 23.5 Å². The molecule has 2 aliphatic heterocycles. The second kappa shape index (κ2) is 6.21. The van der Waals surface area contributed by atoms with Gasteiger partial charge in [0.25, 0.3) is 0 Å². The minimum absolute atomic E-state index is 0.0127. The molecule has 1 aromatic rings. The summed E-state index contributed by atoms with van der Waals surface area (Å²) in [6.45, 7) is 0. The van der Waals surface area contributed by atoms with Gasteiger partial charge < -0.3 is 5.11 Å². The summed E-state index contributed by atoms with van der Waals surface area (Å²) in [6.07, 6.45) is 4.25. The van der Waals surface area contributed by atoms with E-state index in [9.17, 15) is 14.7 Å². The molecule has 1 fully saturated rings. The van der Waals surface area contributed by atoms with Crippen molar-refractivity contribution >= 4 is 35.4 Å². The lowest BCUT2D eigenvalue weighted by Crippen LogP contribution is -2.54. The van der Waals surface area contributed by atoms with E-state index in [1.54, 1.807) is 23.5 Å². The van der Waals surface area contributed by atoms with Crippen LogP contribution in [-0.2, 0) is 9.59 Å². The number of amides is 1. The van der Waals surface area contributed by atoms with Gasteiger partial charge in [0.15, 0.2) is 0 Å². The second-order valence-corrected chi connectivity index (χ2v) is 7.16. The number of hydrogen-bond donors (Lipinski definition) is 2. The van der Waals surface area contributed by atoms with Gasteiger partial charge in [0, 0.05) is 28.5 Å². The van der Waals surface area contributed by atoms with Crippen LogP contribution in [0.25, 0.3) is 0 Å². The molecule has 22 heavy (non-hydrogen) atoms. The molecular weight excluding hydrogens is 322 g/mol. The Morgan fingerprint density at radius 3 is 2.86 bits per heavy atom. The average Bonchev–Trinajstić information content (AvgIpc) is 2.52. The van der Waals surface area contributed by atoms with Gasteiger partial charge >= 0.3 is 5.97 Å². The fraction of sp³-hybridized carbons (Fsp3) is 0.357. The van der Waals surface area contributed by atoms with Gasteiger partial charge in [0.05, 0.1) is 18.8 Å². The lowest BCUT2D eigenvalue weighted by Gasteiger charge is -2.44. The van der Waals surface area contributed by atoms with Crippen molar-refractivity contribution in [3.63, 3.8) is 0 Å². The molecule has 0 unspecified atom stereocenters. The maximum absolute atomic E-state index is 11.7. The molecule has 2 aliphatic rings. The lowest BCUT2D eigenvalue weighted by molar-refractivity contribution is -0.647. The van der Waals surface area contributed by atoms with Crippen LogP contribution in [0.2, 0.25) is 0 Å². The maximum Gasteiger partial charge on any atom is 0.352 e. The van der Waals surface area contributed by atoms with E-state index >= 15 is 0 Å². The largest absolute Gasteiger partial charge is 0.477 e. The first kappa shape index (κ1) is 15.2. The van der Waals surface area contributed by atoms with Gasteiger partial charge in [-0.25, -0.2) is 4.79 Å². The Morgan fingerprint density at radius 1 is 1.55 bits per heavy atom. The van der Waals surface area contributed by atoms with E-state index in [2.05, 4.69) is 5.43 Å². The number of fused-ring (bicyclic) bond motifs is 1. The van der Waals surface area contributed by atoms with E-state index < -0.39 is 5.97 Å². The third kappa shape index (κ3) is 2.80. The Balaban J connectivity index is 1.75. The zero-order valence-corrected chi connectivity index (χ0v) is 13.6. The Hall–Kier alpha value is -1.67. The number of rotatable bonds is 5. The highest BCUT2D eigenvalue weighted by atomic mass is 32.2. The van der Waals surface area contributed by atoms with Crippen molar-refractivity contribution in [1.82, 2.24) is 4.90 Å². The van der Waals surface area contributed by atoms with Crippen LogP contribution in [0.15, 0.2) is 40.7 Å². The standard InChI is InChI=1S/C14H15N3O3S2/c1-15-16-4-2-10(3-5-16)21-7-9-8-22-12-6-11(18)17(12)13(9)14(19)20/h2-5,12,15H,6-8H2,1H3/p+1/t12-/m0/s1. The number of hydrogen-bond acceptors (Lipinski definition) is 5. The number of carboxylic acid groups (broad SMARTS) is 1. The first-order chi connectivity index (χ1) is 10.6. The highest BCUT2D eigenvalue weighted by molar-refractivity contribution is 8.01. The van der Waals surface area contributed by atoms with Crippen molar-refractivity contribution in [1.29, 1.82) is 0 Å². The molecule has 0 bridgehead atoms. The number of nitrogens with one attached hydrogen (secondary N) is 1. The number of aromatic nitrogens is 1. The predicted octanol–water partition coefficient (Wildman–Crippen LogP) is 0.883. The van der Waals surface area contributed by atoms with E-state index in [-0.39, 0.29) is 17.0 Å². The molecule has 1 saturated heterocycles. The zero-order valence-electron chi connectivity index (χ0n) is 12.0. The first-order valence-electron chi connectivity index (χ1n) is 6.81. The summed E-state index contributed by atoms with van der Waals surface area (Å²) in [6, 6.07) is 3.94. The molecule has 0 aromatic carbocycles. The minimum Gasteiger partial charge on any atom is -0.477 e. The van der Waals surface area contributed by atoms with Crippen LogP contribution < -0.4 is 10.1 Å². The molecule has 116 valence electrons. The molecule has 6 nitrogen and oxygen atoms in total. The quantitative estimate of drug-likeness (QED) is 0.472. The number of pyridine rings is 1. The highest BCUT2D eigenvalue weighted by Gasteiger charge is 2.45. The van der Waals surface area contributed by atoms with Crippen molar-refractivity contribution < 1.29 is 19.4 Å². The molecule has 3 rings (SSSR count). The van der Waals surface area contributed by atoms with Crippen molar-refractivity contribution in [3.05, 3.63) is 35.8 Å². The summed E-state index contributed by atoms with van der Waals surface area (Å²) in [4.78, 5) is 25.7. The molecular formula is C14H16N3O3S2+. The van der Waals surface area contributed by atoms with E-state index in [4.69, 9.17) is 0 Å². The Bertz CT molecular complexity index is 645. The fourth-order valence-electron chi connectivity index (χ4n) is 2.42. The van der Waals surface area contributed by atoms with Crippen LogP contribution >= 0.6 is 23.5 Å². The van der Waals surface area contributed by atoms with Crippen LogP contribution in [0.1, 0.15) is 6.42 Å². The molecule has 3 heterocycles. The molecule has 2 N–H and O–H groups in total. The number of nitrogens with zero attached hydrogens (tertiary/aromatic N) is 2. The van der Waals surface area contributed by atoms with Gasteiger partial charge in [-0.2, -0.15) is 5.43 Å². The monoisotopic (exact) mass is 338 g/mol. The molecule has 0 saturated carbocycles. The highest BCUT2D eigenvalue weighted by Crippen LogP contribution is 2.41. The number of carbonyl (C=O) groups is 2. The summed E-state index contributed by atoms with van der Waals surface area (Å²) in [5.41, 5.74) is 3.98. The molecule has 8 heteroatoms. The van der Waals surface area contributed by atoms with Crippen LogP contribution in [-0.4, -0.2) is 45.8 Å². The van der Waals surface area contributed by atoms with Crippen molar-refractivity contribution in [2.45, 2.75) is 16.7 Å². The predicted molar refractivity (Wildman–Crippen MR) is 85.0 cm³/mol. The first-order valence-corrected chi connectivity index (χ1v) is 8.84. The summed E-state index contributed by atoms with van der Waals surface area (Å²) in [5, 5.41) is 9.44. The van der Waals surface area contributed by atoms with Crippen molar-refractivity contribution in [2.75, 3.05) is 24.0 Å². The molecule has 1 amide bonds. The Kier molecular flexibility index (Phi) is 4.30. The third-order valence-electron chi connectivity index (χ3n) is 3.60. The van der Waals surface area contributed by atoms with Crippen LogP contribution in [0, 0.1) is 0 Å². The lowest BCUT2D eigenvalue weighted by atomic mass is 10.1. The van der Waals surface area contributed by atoms with Gasteiger partial charge in [0.1, 0.15) is 5.70 Å². The van der Waals surface area contributed by atoms with Crippen LogP contribution in [0.5, 0.6) is 0 Å². The smallest absolute Gasteiger partial charge is 0.352 e. The number of β-lactam (4-membered cyclic amide) rings is 1. The van der Waals surface area contributed by atoms with E-state index in [0.29, 0.717) is 17.9 Å². The van der Waals surface area contributed by atoms with Crippen LogP contribution in [0.3, 0.4) is 0 Å². The topological polar surface area (TPSA) is 73.5 Å². The summed E-state index contributed by atoms with van der Waals surface area (Å²) < 4.78 is 1.83. The van der Waals surface area contributed by atoms with Gasteiger partial charge in [-0.1, -0.05) is 4.68 Å². The Morgan fingerprint density at radius 2 is 2.27 bits per heavy atom. The average molecular weight is 338 g/mol. The molecule has 0 radical (unpaired) electrons. The van der Waals surface area contributed by atoms with Gasteiger partial charge in [0.2, 0.25) is 18.3 Å². The number of aliphatic carboxylic acids is 1. The summed E-state index contributed by atoms with van der Waals surface area (Å²) in [7, 11) is 1.83. The van der Waals surface area contributed by atoms with Crippen molar-refractivity contribution in [2.24, 2.45) is 0 Å². The summed E-state index contributed by atoms with van der Waals surface area (Å²) >= 11 is 3.23. The molecule has 1 aromatic heterocycles. The number of thioether (sulfide) groups is 2. The van der Waals surface area contributed by atoms with E-state index in [0.717, 1.165) is 10.5 Å².